The zero-order valence-corrected chi connectivity index (χ0v) is 12.5. The van der Waals surface area contributed by atoms with Gasteiger partial charge in [0.1, 0.15) is 16.9 Å². The van der Waals surface area contributed by atoms with Gasteiger partial charge in [0.25, 0.3) is 0 Å². The SMILES string of the molecule is Cc1ccoc1-c1oc2ccc(OC(C)C)cc2c1C(=O)O. The van der Waals surface area contributed by atoms with Gasteiger partial charge in [-0.3, -0.25) is 0 Å². The fourth-order valence-corrected chi connectivity index (χ4v) is 2.40. The highest BCUT2D eigenvalue weighted by atomic mass is 16.5. The first-order chi connectivity index (χ1) is 10.5. The second-order valence-electron chi connectivity index (χ2n) is 5.37. The second kappa shape index (κ2) is 5.26. The first kappa shape index (κ1) is 14.3. The number of carbonyl (C=O) groups is 1. The summed E-state index contributed by atoms with van der Waals surface area (Å²) in [6, 6.07) is 6.92. The maximum absolute atomic E-state index is 11.7. The maximum Gasteiger partial charge on any atom is 0.340 e. The lowest BCUT2D eigenvalue weighted by atomic mass is 10.1. The third-order valence-electron chi connectivity index (χ3n) is 3.31. The number of aromatic carboxylic acids is 1. The topological polar surface area (TPSA) is 72.8 Å². The Hall–Kier alpha value is -2.69. The quantitative estimate of drug-likeness (QED) is 0.768. The van der Waals surface area contributed by atoms with Crippen molar-refractivity contribution in [2.75, 3.05) is 0 Å². The standard InChI is InChI=1S/C17H16O5/c1-9(2)21-11-4-5-13-12(8-11)14(17(18)19)16(22-13)15-10(3)6-7-20-15/h4-9H,1-3H3,(H,18,19). The molecule has 0 bridgehead atoms. The van der Waals surface area contributed by atoms with E-state index in [9.17, 15) is 9.90 Å². The van der Waals surface area contributed by atoms with Crippen molar-refractivity contribution in [3.05, 3.63) is 41.7 Å². The van der Waals surface area contributed by atoms with Gasteiger partial charge in [-0.25, -0.2) is 4.79 Å². The Kier molecular flexibility index (Phi) is 3.41. The number of aryl methyl sites for hydroxylation is 1. The van der Waals surface area contributed by atoms with Gasteiger partial charge in [0, 0.05) is 5.39 Å². The average molecular weight is 300 g/mol. The predicted octanol–water partition coefficient (Wildman–Crippen LogP) is 4.49. The Morgan fingerprint density at radius 1 is 1.23 bits per heavy atom. The second-order valence-corrected chi connectivity index (χ2v) is 5.37. The van der Waals surface area contributed by atoms with E-state index in [0.717, 1.165) is 5.56 Å². The highest BCUT2D eigenvalue weighted by molar-refractivity contribution is 6.08. The van der Waals surface area contributed by atoms with E-state index in [0.29, 0.717) is 22.5 Å². The van der Waals surface area contributed by atoms with Crippen LogP contribution in [-0.2, 0) is 0 Å². The number of benzene rings is 1. The summed E-state index contributed by atoms with van der Waals surface area (Å²) in [5.74, 6) is 0.200. The molecule has 0 aliphatic carbocycles. The van der Waals surface area contributed by atoms with Crippen molar-refractivity contribution < 1.29 is 23.5 Å². The highest BCUT2D eigenvalue weighted by Crippen LogP contribution is 2.37. The molecule has 0 amide bonds. The van der Waals surface area contributed by atoms with E-state index < -0.39 is 5.97 Å². The van der Waals surface area contributed by atoms with Crippen LogP contribution in [0.2, 0.25) is 0 Å². The van der Waals surface area contributed by atoms with Gasteiger partial charge in [-0.2, -0.15) is 0 Å². The Morgan fingerprint density at radius 2 is 2.00 bits per heavy atom. The Balaban J connectivity index is 2.24. The number of carboxylic acid groups (broad SMARTS) is 1. The largest absolute Gasteiger partial charge is 0.491 e. The first-order valence-corrected chi connectivity index (χ1v) is 6.98. The molecule has 0 aliphatic rings. The van der Waals surface area contributed by atoms with Crippen LogP contribution in [0.5, 0.6) is 5.75 Å². The molecule has 5 heteroatoms. The van der Waals surface area contributed by atoms with Crippen molar-refractivity contribution in [1.82, 2.24) is 0 Å². The molecule has 5 nitrogen and oxygen atoms in total. The van der Waals surface area contributed by atoms with E-state index in [1.807, 2.05) is 20.8 Å². The molecular formula is C17H16O5. The minimum Gasteiger partial charge on any atom is -0.491 e. The lowest BCUT2D eigenvalue weighted by molar-refractivity contribution is 0.0699. The minimum absolute atomic E-state index is 0.00409. The Morgan fingerprint density at radius 3 is 2.59 bits per heavy atom. The molecule has 1 N–H and O–H groups in total. The van der Waals surface area contributed by atoms with Gasteiger partial charge in [-0.05, 0) is 50.6 Å². The van der Waals surface area contributed by atoms with Crippen LogP contribution in [0.4, 0.5) is 0 Å². The molecule has 1 aromatic carbocycles. The summed E-state index contributed by atoms with van der Waals surface area (Å²) >= 11 is 0. The molecule has 0 spiro atoms. The number of furan rings is 2. The summed E-state index contributed by atoms with van der Waals surface area (Å²) in [5.41, 5.74) is 1.39. The van der Waals surface area contributed by atoms with Crippen molar-refractivity contribution in [3.63, 3.8) is 0 Å². The zero-order chi connectivity index (χ0) is 15.9. The van der Waals surface area contributed by atoms with Crippen molar-refractivity contribution in [2.24, 2.45) is 0 Å². The number of hydrogen-bond donors (Lipinski definition) is 1. The fourth-order valence-electron chi connectivity index (χ4n) is 2.40. The Labute approximate surface area is 127 Å². The molecule has 0 saturated carbocycles. The van der Waals surface area contributed by atoms with Crippen LogP contribution in [-0.4, -0.2) is 17.2 Å². The van der Waals surface area contributed by atoms with E-state index in [4.69, 9.17) is 13.6 Å². The summed E-state index contributed by atoms with van der Waals surface area (Å²) in [4.78, 5) is 11.7. The normalized spacial score (nSPS) is 11.3. The molecule has 0 atom stereocenters. The van der Waals surface area contributed by atoms with Gasteiger partial charge in [-0.1, -0.05) is 0 Å². The molecule has 0 unspecified atom stereocenters. The molecule has 0 radical (unpaired) electrons. The molecule has 114 valence electrons. The number of carboxylic acids is 1. The van der Waals surface area contributed by atoms with E-state index in [2.05, 4.69) is 0 Å². The molecule has 3 rings (SSSR count). The van der Waals surface area contributed by atoms with Gasteiger partial charge in [0.15, 0.2) is 11.5 Å². The summed E-state index contributed by atoms with van der Waals surface area (Å²) in [6.45, 7) is 5.66. The number of fused-ring (bicyclic) bond motifs is 1. The average Bonchev–Trinajstić information content (AvgIpc) is 3.00. The van der Waals surface area contributed by atoms with Crippen molar-refractivity contribution in [2.45, 2.75) is 26.9 Å². The van der Waals surface area contributed by atoms with Crippen LogP contribution in [0.1, 0.15) is 29.8 Å². The summed E-state index contributed by atoms with van der Waals surface area (Å²) < 4.78 is 16.7. The third-order valence-corrected chi connectivity index (χ3v) is 3.31. The van der Waals surface area contributed by atoms with Crippen LogP contribution in [0.3, 0.4) is 0 Å². The molecular weight excluding hydrogens is 284 g/mol. The van der Waals surface area contributed by atoms with E-state index in [1.54, 1.807) is 24.3 Å². The highest BCUT2D eigenvalue weighted by Gasteiger charge is 2.25. The minimum atomic E-state index is -1.06. The lowest BCUT2D eigenvalue weighted by Crippen LogP contribution is -2.05. The third kappa shape index (κ3) is 2.35. The Bertz CT molecular complexity index is 838. The monoisotopic (exact) mass is 300 g/mol. The summed E-state index contributed by atoms with van der Waals surface area (Å²) in [5, 5.41) is 10.1. The molecule has 2 aromatic heterocycles. The van der Waals surface area contributed by atoms with Gasteiger partial charge in [-0.15, -0.1) is 0 Å². The molecule has 22 heavy (non-hydrogen) atoms. The van der Waals surface area contributed by atoms with E-state index in [-0.39, 0.29) is 17.4 Å². The lowest BCUT2D eigenvalue weighted by Gasteiger charge is -2.09. The number of ether oxygens (including phenoxy) is 1. The molecule has 0 aliphatic heterocycles. The van der Waals surface area contributed by atoms with Gasteiger partial charge < -0.3 is 18.7 Å². The van der Waals surface area contributed by atoms with Crippen molar-refractivity contribution in [1.29, 1.82) is 0 Å². The predicted molar refractivity (Wildman–Crippen MR) is 81.4 cm³/mol. The van der Waals surface area contributed by atoms with Crippen LogP contribution in [0, 0.1) is 6.92 Å². The first-order valence-electron chi connectivity index (χ1n) is 6.98. The smallest absolute Gasteiger partial charge is 0.340 e. The van der Waals surface area contributed by atoms with E-state index in [1.165, 1.54) is 6.26 Å². The summed E-state index contributed by atoms with van der Waals surface area (Å²) in [7, 11) is 0. The van der Waals surface area contributed by atoms with Gasteiger partial charge in [0.2, 0.25) is 0 Å². The van der Waals surface area contributed by atoms with Crippen molar-refractivity contribution >= 4 is 16.9 Å². The zero-order valence-electron chi connectivity index (χ0n) is 12.5. The molecule has 2 heterocycles. The fraction of sp³-hybridized carbons (Fsp3) is 0.235. The number of rotatable bonds is 4. The van der Waals surface area contributed by atoms with Gasteiger partial charge >= 0.3 is 5.97 Å². The van der Waals surface area contributed by atoms with Crippen LogP contribution in [0.25, 0.3) is 22.5 Å². The summed E-state index contributed by atoms with van der Waals surface area (Å²) in [6.07, 6.45) is 1.51. The van der Waals surface area contributed by atoms with Gasteiger partial charge in [0.05, 0.1) is 12.4 Å². The number of hydrogen-bond acceptors (Lipinski definition) is 4. The van der Waals surface area contributed by atoms with Crippen LogP contribution >= 0.6 is 0 Å². The molecule has 3 aromatic rings. The molecule has 0 saturated heterocycles. The maximum atomic E-state index is 11.7. The van der Waals surface area contributed by atoms with Crippen molar-refractivity contribution in [3.8, 4) is 17.3 Å². The van der Waals surface area contributed by atoms with Crippen LogP contribution in [0.15, 0.2) is 39.4 Å². The van der Waals surface area contributed by atoms with Crippen LogP contribution < -0.4 is 4.74 Å². The molecule has 0 fully saturated rings. The van der Waals surface area contributed by atoms with E-state index >= 15 is 0 Å².